The van der Waals surface area contributed by atoms with E-state index in [9.17, 15) is 14.4 Å². The lowest BCUT2D eigenvalue weighted by Gasteiger charge is -2.29. The average molecular weight is 334 g/mol. The molecule has 0 saturated carbocycles. The van der Waals surface area contributed by atoms with Crippen LogP contribution in [0.25, 0.3) is 11.1 Å². The standard InChI is InChI=1S/C20H18N2O3/c1-12-15(13-5-3-2-4-6-13)8-7-14-11-22(20(25)18(12)14)16-9-10-17(23)21-19(16)24/h2-8,16H,9-11H2,1H3,(H,21,23,24). The second-order valence-electron chi connectivity index (χ2n) is 6.54. The number of benzene rings is 2. The Labute approximate surface area is 145 Å². The normalized spacial score (nSPS) is 19.8. The molecule has 1 N–H and O–H groups in total. The summed E-state index contributed by atoms with van der Waals surface area (Å²) in [7, 11) is 0. The maximum Gasteiger partial charge on any atom is 0.255 e. The van der Waals surface area contributed by atoms with Crippen molar-refractivity contribution < 1.29 is 14.4 Å². The first-order chi connectivity index (χ1) is 12.1. The first kappa shape index (κ1) is 15.6. The van der Waals surface area contributed by atoms with Gasteiger partial charge in [0, 0.05) is 18.5 Å². The lowest BCUT2D eigenvalue weighted by Crippen LogP contribution is -2.52. The minimum Gasteiger partial charge on any atom is -0.322 e. The Kier molecular flexibility index (Phi) is 3.64. The highest BCUT2D eigenvalue weighted by atomic mass is 16.2. The van der Waals surface area contributed by atoms with Gasteiger partial charge in [0.15, 0.2) is 0 Å². The summed E-state index contributed by atoms with van der Waals surface area (Å²) in [6.07, 6.45) is 0.653. The average Bonchev–Trinajstić information content (AvgIpc) is 2.93. The Morgan fingerprint density at radius 2 is 1.80 bits per heavy atom. The number of nitrogens with zero attached hydrogens (tertiary/aromatic N) is 1. The van der Waals surface area contributed by atoms with Crippen molar-refractivity contribution in [3.63, 3.8) is 0 Å². The molecule has 2 aromatic carbocycles. The van der Waals surface area contributed by atoms with Crippen molar-refractivity contribution in [3.05, 3.63) is 59.2 Å². The first-order valence-electron chi connectivity index (χ1n) is 8.39. The van der Waals surface area contributed by atoms with Crippen molar-refractivity contribution in [1.29, 1.82) is 0 Å². The van der Waals surface area contributed by atoms with Gasteiger partial charge in [0.05, 0.1) is 0 Å². The Bertz CT molecular complexity index is 889. The number of amides is 3. The molecule has 2 aliphatic rings. The quantitative estimate of drug-likeness (QED) is 0.858. The summed E-state index contributed by atoms with van der Waals surface area (Å²) in [4.78, 5) is 38.1. The molecule has 0 aromatic heterocycles. The molecule has 1 unspecified atom stereocenters. The van der Waals surface area contributed by atoms with Crippen LogP contribution in [-0.4, -0.2) is 28.7 Å². The molecule has 1 atom stereocenters. The third kappa shape index (κ3) is 2.52. The number of carbonyl (C=O) groups is 3. The molecular formula is C20H18N2O3. The van der Waals surface area contributed by atoms with Crippen LogP contribution < -0.4 is 5.32 Å². The van der Waals surface area contributed by atoms with Crippen LogP contribution in [0, 0.1) is 6.92 Å². The third-order valence-electron chi connectivity index (χ3n) is 5.04. The first-order valence-corrected chi connectivity index (χ1v) is 8.39. The molecule has 4 rings (SSSR count). The van der Waals surface area contributed by atoms with Gasteiger partial charge in [-0.3, -0.25) is 19.7 Å². The number of fused-ring (bicyclic) bond motifs is 1. The van der Waals surface area contributed by atoms with Crippen LogP contribution in [0.1, 0.15) is 34.3 Å². The number of piperidine rings is 1. The van der Waals surface area contributed by atoms with Gasteiger partial charge in [0.25, 0.3) is 5.91 Å². The van der Waals surface area contributed by atoms with Crippen molar-refractivity contribution in [2.24, 2.45) is 0 Å². The summed E-state index contributed by atoms with van der Waals surface area (Å²) in [5, 5.41) is 2.33. The van der Waals surface area contributed by atoms with Crippen molar-refractivity contribution in [2.75, 3.05) is 0 Å². The van der Waals surface area contributed by atoms with Crippen LogP contribution in [0.4, 0.5) is 0 Å². The minimum absolute atomic E-state index is 0.125. The highest BCUT2D eigenvalue weighted by Crippen LogP contribution is 2.34. The Hall–Kier alpha value is -2.95. The predicted octanol–water partition coefficient (Wildman–Crippen LogP) is 2.42. The van der Waals surface area contributed by atoms with Gasteiger partial charge >= 0.3 is 0 Å². The molecule has 0 spiro atoms. The van der Waals surface area contributed by atoms with Gasteiger partial charge in [0.2, 0.25) is 11.8 Å². The monoisotopic (exact) mass is 334 g/mol. The van der Waals surface area contributed by atoms with Crippen LogP contribution >= 0.6 is 0 Å². The molecule has 2 aliphatic heterocycles. The molecule has 0 aliphatic carbocycles. The van der Waals surface area contributed by atoms with Gasteiger partial charge < -0.3 is 4.90 Å². The fourth-order valence-electron chi connectivity index (χ4n) is 3.76. The Morgan fingerprint density at radius 3 is 2.52 bits per heavy atom. The van der Waals surface area contributed by atoms with Gasteiger partial charge in [-0.2, -0.15) is 0 Å². The number of hydrogen-bond acceptors (Lipinski definition) is 3. The summed E-state index contributed by atoms with van der Waals surface area (Å²) in [6, 6.07) is 13.4. The topological polar surface area (TPSA) is 66.5 Å². The molecule has 3 amide bonds. The van der Waals surface area contributed by atoms with Crippen LogP contribution in [0.5, 0.6) is 0 Å². The maximum atomic E-state index is 13.0. The maximum absolute atomic E-state index is 13.0. The van der Waals surface area contributed by atoms with E-state index in [1.807, 2.05) is 49.4 Å². The fraction of sp³-hybridized carbons (Fsp3) is 0.250. The zero-order valence-corrected chi connectivity index (χ0v) is 13.9. The predicted molar refractivity (Wildman–Crippen MR) is 92.7 cm³/mol. The van der Waals surface area contributed by atoms with E-state index in [2.05, 4.69) is 5.32 Å². The van der Waals surface area contributed by atoms with E-state index in [0.29, 0.717) is 18.5 Å². The largest absolute Gasteiger partial charge is 0.322 e. The zero-order chi connectivity index (χ0) is 17.6. The number of hydrogen-bond donors (Lipinski definition) is 1. The molecule has 0 radical (unpaired) electrons. The van der Waals surface area contributed by atoms with Gasteiger partial charge in [-0.25, -0.2) is 0 Å². The Balaban J connectivity index is 1.70. The summed E-state index contributed by atoms with van der Waals surface area (Å²) in [5.74, 6) is -0.772. The van der Waals surface area contributed by atoms with Gasteiger partial charge in [-0.05, 0) is 35.6 Å². The van der Waals surface area contributed by atoms with Crippen LogP contribution in [0.2, 0.25) is 0 Å². The van der Waals surface area contributed by atoms with Crippen molar-refractivity contribution >= 4 is 17.7 Å². The molecule has 5 heteroatoms. The van der Waals surface area contributed by atoms with E-state index in [1.54, 1.807) is 4.90 Å². The van der Waals surface area contributed by atoms with Crippen molar-refractivity contribution in [2.45, 2.75) is 32.4 Å². The lowest BCUT2D eigenvalue weighted by atomic mass is 9.94. The smallest absolute Gasteiger partial charge is 0.255 e. The number of imide groups is 1. The van der Waals surface area contributed by atoms with Crippen LogP contribution in [0.15, 0.2) is 42.5 Å². The SMILES string of the molecule is Cc1c(-c2ccccc2)ccc2c1C(=O)N(C1CCC(=O)NC1=O)C2. The molecule has 0 bridgehead atoms. The molecule has 1 saturated heterocycles. The van der Waals surface area contributed by atoms with Gasteiger partial charge in [-0.15, -0.1) is 0 Å². The number of nitrogens with one attached hydrogen (secondary N) is 1. The third-order valence-corrected chi connectivity index (χ3v) is 5.04. The number of rotatable bonds is 2. The second-order valence-corrected chi connectivity index (χ2v) is 6.54. The van der Waals surface area contributed by atoms with E-state index in [1.165, 1.54) is 0 Å². The van der Waals surface area contributed by atoms with E-state index in [-0.39, 0.29) is 24.1 Å². The molecule has 2 heterocycles. The molecule has 126 valence electrons. The van der Waals surface area contributed by atoms with E-state index in [4.69, 9.17) is 0 Å². The summed E-state index contributed by atoms with van der Waals surface area (Å²) < 4.78 is 0. The highest BCUT2D eigenvalue weighted by molar-refractivity contribution is 6.06. The summed E-state index contributed by atoms with van der Waals surface area (Å²) >= 11 is 0. The zero-order valence-electron chi connectivity index (χ0n) is 13.9. The summed E-state index contributed by atoms with van der Waals surface area (Å²) in [5.41, 5.74) is 4.65. The molecule has 5 nitrogen and oxygen atoms in total. The lowest BCUT2D eigenvalue weighted by molar-refractivity contribution is -0.136. The van der Waals surface area contributed by atoms with Crippen molar-refractivity contribution in [3.8, 4) is 11.1 Å². The van der Waals surface area contributed by atoms with E-state index < -0.39 is 6.04 Å². The molecule has 2 aromatic rings. The van der Waals surface area contributed by atoms with E-state index >= 15 is 0 Å². The fourth-order valence-corrected chi connectivity index (χ4v) is 3.76. The van der Waals surface area contributed by atoms with Gasteiger partial charge in [-0.1, -0.05) is 42.5 Å². The van der Waals surface area contributed by atoms with E-state index in [0.717, 1.165) is 22.3 Å². The second kappa shape index (κ2) is 5.84. The van der Waals surface area contributed by atoms with Crippen molar-refractivity contribution in [1.82, 2.24) is 10.2 Å². The van der Waals surface area contributed by atoms with Crippen LogP contribution in [-0.2, 0) is 16.1 Å². The molecule has 25 heavy (non-hydrogen) atoms. The number of carbonyl (C=O) groups excluding carboxylic acids is 3. The Morgan fingerprint density at radius 1 is 1.04 bits per heavy atom. The highest BCUT2D eigenvalue weighted by Gasteiger charge is 2.39. The van der Waals surface area contributed by atoms with Gasteiger partial charge in [0.1, 0.15) is 6.04 Å². The summed E-state index contributed by atoms with van der Waals surface area (Å²) in [6.45, 7) is 2.36. The minimum atomic E-state index is -0.572. The molecule has 1 fully saturated rings. The van der Waals surface area contributed by atoms with Crippen LogP contribution in [0.3, 0.4) is 0 Å². The molecular weight excluding hydrogens is 316 g/mol.